The first-order valence-corrected chi connectivity index (χ1v) is 7.44. The van der Waals surface area contributed by atoms with Gasteiger partial charge in [-0.15, -0.1) is 31.4 Å². The molecule has 1 aromatic carbocycles. The monoisotopic (exact) mass is 377 g/mol. The van der Waals surface area contributed by atoms with Crippen molar-refractivity contribution in [1.29, 1.82) is 0 Å². The van der Waals surface area contributed by atoms with E-state index in [0.29, 0.717) is 5.75 Å². The molecule has 0 saturated carbocycles. The van der Waals surface area contributed by atoms with Crippen LogP contribution in [0.3, 0.4) is 0 Å². The van der Waals surface area contributed by atoms with Gasteiger partial charge in [-0.05, 0) is 25.0 Å². The SMILES string of the molecule is C=C(C)C[C@@H](c1ccc(OC)c([N+](=O)[O-])c1)N1CCNCC1.Cl.Cl. The lowest BCUT2D eigenvalue weighted by Crippen LogP contribution is -2.45. The van der Waals surface area contributed by atoms with Crippen molar-refractivity contribution in [3.63, 3.8) is 0 Å². The molecule has 0 unspecified atom stereocenters. The van der Waals surface area contributed by atoms with Gasteiger partial charge in [-0.3, -0.25) is 15.0 Å². The van der Waals surface area contributed by atoms with Crippen molar-refractivity contribution in [3.8, 4) is 5.75 Å². The molecule has 1 atom stereocenters. The second kappa shape index (κ2) is 10.5. The Kier molecular flexibility index (Phi) is 9.92. The molecular formula is C16H25Cl2N3O3. The molecule has 6 nitrogen and oxygen atoms in total. The molecule has 8 heteroatoms. The predicted octanol–water partition coefficient (Wildman–Crippen LogP) is 3.36. The number of ether oxygens (including phenoxy) is 1. The normalized spacial score (nSPS) is 15.6. The van der Waals surface area contributed by atoms with Crippen LogP contribution in [-0.4, -0.2) is 43.1 Å². The molecule has 2 rings (SSSR count). The maximum absolute atomic E-state index is 11.2. The van der Waals surface area contributed by atoms with Crippen LogP contribution in [0.1, 0.15) is 24.9 Å². The second-order valence-electron chi connectivity index (χ2n) is 5.65. The third kappa shape index (κ3) is 5.63. The van der Waals surface area contributed by atoms with Crippen LogP contribution in [0.15, 0.2) is 30.4 Å². The quantitative estimate of drug-likeness (QED) is 0.467. The Morgan fingerprint density at radius 2 is 2.04 bits per heavy atom. The first-order valence-electron chi connectivity index (χ1n) is 7.44. The van der Waals surface area contributed by atoms with Crippen molar-refractivity contribution in [2.75, 3.05) is 33.3 Å². The Bertz CT molecular complexity index is 563. The molecule has 1 aromatic rings. The summed E-state index contributed by atoms with van der Waals surface area (Å²) in [5.74, 6) is 0.295. The molecule has 24 heavy (non-hydrogen) atoms. The highest BCUT2D eigenvalue weighted by Gasteiger charge is 2.25. The van der Waals surface area contributed by atoms with Crippen molar-refractivity contribution in [2.24, 2.45) is 0 Å². The molecule has 0 aliphatic carbocycles. The van der Waals surface area contributed by atoms with Gasteiger partial charge in [0.2, 0.25) is 0 Å². The Labute approximate surface area is 155 Å². The van der Waals surface area contributed by atoms with Gasteiger partial charge in [-0.1, -0.05) is 11.6 Å². The largest absolute Gasteiger partial charge is 0.490 e. The molecule has 0 amide bonds. The van der Waals surface area contributed by atoms with E-state index in [1.807, 2.05) is 13.0 Å². The third-order valence-electron chi connectivity index (χ3n) is 3.92. The topological polar surface area (TPSA) is 67.6 Å². The highest BCUT2D eigenvalue weighted by atomic mass is 35.5. The lowest BCUT2D eigenvalue weighted by molar-refractivity contribution is -0.385. The Balaban J connectivity index is 0.00000264. The van der Waals surface area contributed by atoms with E-state index in [2.05, 4.69) is 16.8 Å². The number of halogens is 2. The van der Waals surface area contributed by atoms with Crippen molar-refractivity contribution >= 4 is 30.5 Å². The highest BCUT2D eigenvalue weighted by molar-refractivity contribution is 5.85. The van der Waals surface area contributed by atoms with E-state index in [0.717, 1.165) is 43.7 Å². The van der Waals surface area contributed by atoms with Gasteiger partial charge in [0, 0.05) is 38.3 Å². The summed E-state index contributed by atoms with van der Waals surface area (Å²) in [5.41, 5.74) is 2.03. The maximum atomic E-state index is 11.2. The van der Waals surface area contributed by atoms with Gasteiger partial charge < -0.3 is 10.1 Å². The molecule has 1 saturated heterocycles. The fraction of sp³-hybridized carbons (Fsp3) is 0.500. The van der Waals surface area contributed by atoms with E-state index in [1.165, 1.54) is 7.11 Å². The number of benzene rings is 1. The molecule has 1 fully saturated rings. The Hall–Kier alpha value is -1.34. The summed E-state index contributed by atoms with van der Waals surface area (Å²) in [6.45, 7) is 9.73. The van der Waals surface area contributed by atoms with E-state index in [1.54, 1.807) is 12.1 Å². The number of hydrogen-bond acceptors (Lipinski definition) is 5. The van der Waals surface area contributed by atoms with Crippen LogP contribution in [0.5, 0.6) is 5.75 Å². The molecule has 0 radical (unpaired) electrons. The molecule has 0 aromatic heterocycles. The van der Waals surface area contributed by atoms with Crippen molar-refractivity contribution in [2.45, 2.75) is 19.4 Å². The van der Waals surface area contributed by atoms with Gasteiger partial charge in [-0.25, -0.2) is 0 Å². The first kappa shape index (κ1) is 22.7. The standard InChI is InChI=1S/C16H23N3O3.2ClH/c1-12(2)10-14(18-8-6-17-7-9-18)13-4-5-16(22-3)15(11-13)19(20)21;;/h4-5,11,14,17H,1,6-10H2,2-3H3;2*1H/t14-;;/m0../s1. The zero-order chi connectivity index (χ0) is 16.1. The van der Waals surface area contributed by atoms with Crippen molar-refractivity contribution in [3.05, 3.63) is 46.0 Å². The maximum Gasteiger partial charge on any atom is 0.311 e. The van der Waals surface area contributed by atoms with Crippen LogP contribution < -0.4 is 10.1 Å². The van der Waals surface area contributed by atoms with Crippen LogP contribution in [0.2, 0.25) is 0 Å². The van der Waals surface area contributed by atoms with Crippen molar-refractivity contribution in [1.82, 2.24) is 10.2 Å². The number of nitro benzene ring substituents is 1. The van der Waals surface area contributed by atoms with E-state index in [4.69, 9.17) is 4.74 Å². The average Bonchev–Trinajstić information content (AvgIpc) is 2.52. The fourth-order valence-electron chi connectivity index (χ4n) is 2.84. The molecule has 1 N–H and O–H groups in total. The molecule has 0 bridgehead atoms. The Morgan fingerprint density at radius 1 is 1.42 bits per heavy atom. The third-order valence-corrected chi connectivity index (χ3v) is 3.92. The molecule has 136 valence electrons. The van der Waals surface area contributed by atoms with E-state index in [-0.39, 0.29) is 36.5 Å². The van der Waals surface area contributed by atoms with Gasteiger partial charge in [0.1, 0.15) is 0 Å². The smallest absolute Gasteiger partial charge is 0.311 e. The van der Waals surface area contributed by atoms with Gasteiger partial charge in [0.05, 0.1) is 12.0 Å². The zero-order valence-electron chi connectivity index (χ0n) is 14.0. The summed E-state index contributed by atoms with van der Waals surface area (Å²) < 4.78 is 5.09. The molecule has 1 aliphatic rings. The highest BCUT2D eigenvalue weighted by Crippen LogP contribution is 2.34. The minimum Gasteiger partial charge on any atom is -0.490 e. The molecule has 0 spiro atoms. The lowest BCUT2D eigenvalue weighted by Gasteiger charge is -2.35. The van der Waals surface area contributed by atoms with E-state index < -0.39 is 4.92 Å². The predicted molar refractivity (Wildman–Crippen MR) is 101 cm³/mol. The van der Waals surface area contributed by atoms with Crippen LogP contribution >= 0.6 is 24.8 Å². The fourth-order valence-corrected chi connectivity index (χ4v) is 2.84. The van der Waals surface area contributed by atoms with Gasteiger partial charge in [0.15, 0.2) is 5.75 Å². The summed E-state index contributed by atoms with van der Waals surface area (Å²) >= 11 is 0. The average molecular weight is 378 g/mol. The van der Waals surface area contributed by atoms with Gasteiger partial charge in [-0.2, -0.15) is 0 Å². The summed E-state index contributed by atoms with van der Waals surface area (Å²) in [6, 6.07) is 5.35. The van der Waals surface area contributed by atoms with Gasteiger partial charge in [0.25, 0.3) is 0 Å². The first-order chi connectivity index (χ1) is 10.5. The van der Waals surface area contributed by atoms with E-state index >= 15 is 0 Å². The number of rotatable bonds is 6. The second-order valence-corrected chi connectivity index (χ2v) is 5.65. The van der Waals surface area contributed by atoms with Crippen LogP contribution in [-0.2, 0) is 0 Å². The molecule has 1 aliphatic heterocycles. The van der Waals surface area contributed by atoms with Crippen LogP contribution in [0.25, 0.3) is 0 Å². The number of nitrogens with zero attached hydrogens (tertiary/aromatic N) is 2. The zero-order valence-corrected chi connectivity index (χ0v) is 15.6. The number of nitrogens with one attached hydrogen (secondary N) is 1. The minimum atomic E-state index is -0.391. The van der Waals surface area contributed by atoms with Crippen LogP contribution in [0.4, 0.5) is 5.69 Å². The summed E-state index contributed by atoms with van der Waals surface area (Å²) in [4.78, 5) is 13.2. The lowest BCUT2D eigenvalue weighted by atomic mass is 9.97. The summed E-state index contributed by atoms with van der Waals surface area (Å²) in [5, 5.41) is 14.6. The minimum absolute atomic E-state index is 0. The summed E-state index contributed by atoms with van der Waals surface area (Å²) in [6.07, 6.45) is 0.795. The molecule has 1 heterocycles. The van der Waals surface area contributed by atoms with Crippen LogP contribution in [0, 0.1) is 10.1 Å². The number of methoxy groups -OCH3 is 1. The van der Waals surface area contributed by atoms with E-state index in [9.17, 15) is 10.1 Å². The van der Waals surface area contributed by atoms with Gasteiger partial charge >= 0.3 is 5.69 Å². The Morgan fingerprint density at radius 3 is 2.54 bits per heavy atom. The summed E-state index contributed by atoms with van der Waals surface area (Å²) in [7, 11) is 1.45. The number of nitro groups is 1. The number of piperazine rings is 1. The number of hydrogen-bond donors (Lipinski definition) is 1. The molecular weight excluding hydrogens is 353 g/mol. The van der Waals surface area contributed by atoms with Crippen molar-refractivity contribution < 1.29 is 9.66 Å².